The highest BCUT2D eigenvalue weighted by molar-refractivity contribution is 6.10. The largest absolute Gasteiger partial charge is 0.467 e. The zero-order valence-electron chi connectivity index (χ0n) is 16.2. The van der Waals surface area contributed by atoms with Gasteiger partial charge < -0.3 is 13.9 Å². The Morgan fingerprint density at radius 3 is 1.65 bits per heavy atom. The predicted molar refractivity (Wildman–Crippen MR) is 106 cm³/mol. The predicted octanol–water partition coefficient (Wildman–Crippen LogP) is 2.60. The van der Waals surface area contributed by atoms with E-state index < -0.39 is 36.0 Å². The van der Waals surface area contributed by atoms with E-state index in [1.807, 2.05) is 0 Å². The van der Waals surface area contributed by atoms with Crippen LogP contribution in [-0.4, -0.2) is 40.9 Å². The Balaban J connectivity index is 1.59. The molecule has 8 heteroatoms. The number of benzene rings is 2. The van der Waals surface area contributed by atoms with Gasteiger partial charge in [-0.05, 0) is 36.4 Å². The molecule has 1 saturated heterocycles. The lowest BCUT2D eigenvalue weighted by Gasteiger charge is -2.16. The number of furan rings is 1. The zero-order valence-corrected chi connectivity index (χ0v) is 16.2. The molecule has 31 heavy (non-hydrogen) atoms. The van der Waals surface area contributed by atoms with Crippen LogP contribution in [0.4, 0.5) is 0 Å². The Kier molecular flexibility index (Phi) is 5.61. The number of ether oxygens (including phenoxy) is 2. The molecule has 1 fully saturated rings. The molecule has 1 aromatic heterocycles. The van der Waals surface area contributed by atoms with Gasteiger partial charge in [0.2, 0.25) is 12.2 Å². The van der Waals surface area contributed by atoms with Crippen LogP contribution < -0.4 is 0 Å². The molecule has 2 heterocycles. The highest BCUT2D eigenvalue weighted by Crippen LogP contribution is 2.24. The van der Waals surface area contributed by atoms with Crippen LogP contribution in [0.15, 0.2) is 83.5 Å². The normalized spacial score (nSPS) is 18.1. The Hall–Kier alpha value is -4.20. The number of likely N-dealkylation sites (tertiary alicyclic amines) is 1. The maximum Gasteiger partial charge on any atom is 0.339 e. The van der Waals surface area contributed by atoms with Crippen LogP contribution in [0.2, 0.25) is 0 Å². The SMILES string of the molecule is O=C(O[C@@H]1C(=O)N(Cc2ccco2)C(=O)[C@@H]1OC(=O)c1ccccc1)c1ccccc1. The summed E-state index contributed by atoms with van der Waals surface area (Å²) in [6.45, 7) is -0.177. The van der Waals surface area contributed by atoms with E-state index in [9.17, 15) is 19.2 Å². The van der Waals surface area contributed by atoms with Crippen molar-refractivity contribution < 1.29 is 33.1 Å². The van der Waals surface area contributed by atoms with Crippen LogP contribution in [0.25, 0.3) is 0 Å². The van der Waals surface area contributed by atoms with Crippen molar-refractivity contribution in [3.63, 3.8) is 0 Å². The molecule has 0 spiro atoms. The standard InChI is InChI=1S/C23H17NO7/c25-20-18(30-22(27)15-8-3-1-4-9-15)19(31-23(28)16-10-5-2-6-11-16)21(26)24(20)14-17-12-7-13-29-17/h1-13,18-19H,14H2/t18-,19+. The first-order chi connectivity index (χ1) is 15.0. The van der Waals surface area contributed by atoms with Crippen LogP contribution in [-0.2, 0) is 25.6 Å². The van der Waals surface area contributed by atoms with Crippen LogP contribution >= 0.6 is 0 Å². The molecule has 1 aliphatic rings. The summed E-state index contributed by atoms with van der Waals surface area (Å²) in [4.78, 5) is 51.7. The number of rotatable bonds is 6. The van der Waals surface area contributed by atoms with E-state index in [1.54, 1.807) is 48.5 Å². The van der Waals surface area contributed by atoms with Gasteiger partial charge in [0, 0.05) is 0 Å². The molecule has 2 amide bonds. The molecule has 2 aromatic carbocycles. The second-order valence-electron chi connectivity index (χ2n) is 6.73. The zero-order chi connectivity index (χ0) is 21.8. The average Bonchev–Trinajstić information content (AvgIpc) is 3.39. The maximum absolute atomic E-state index is 12.9. The first-order valence-corrected chi connectivity index (χ1v) is 9.44. The van der Waals surface area contributed by atoms with Crippen LogP contribution in [0.1, 0.15) is 26.5 Å². The fourth-order valence-corrected chi connectivity index (χ4v) is 3.13. The molecule has 0 N–H and O–H groups in total. The lowest BCUT2D eigenvalue weighted by Crippen LogP contribution is -2.37. The van der Waals surface area contributed by atoms with Crippen molar-refractivity contribution in [2.75, 3.05) is 0 Å². The van der Waals surface area contributed by atoms with Crippen molar-refractivity contribution in [1.29, 1.82) is 0 Å². The minimum atomic E-state index is -1.61. The molecule has 3 aromatic rings. The number of carbonyl (C=O) groups is 4. The average molecular weight is 419 g/mol. The summed E-state index contributed by atoms with van der Waals surface area (Å²) < 4.78 is 15.8. The second-order valence-corrected chi connectivity index (χ2v) is 6.73. The van der Waals surface area contributed by atoms with Crippen molar-refractivity contribution in [2.24, 2.45) is 0 Å². The van der Waals surface area contributed by atoms with Gasteiger partial charge in [-0.3, -0.25) is 14.5 Å². The van der Waals surface area contributed by atoms with Crippen molar-refractivity contribution >= 4 is 23.8 Å². The number of hydrogen-bond acceptors (Lipinski definition) is 7. The fraction of sp³-hybridized carbons (Fsp3) is 0.130. The Labute approximate surface area is 177 Å². The molecule has 4 rings (SSSR count). The molecule has 8 nitrogen and oxygen atoms in total. The van der Waals surface area contributed by atoms with E-state index in [0.29, 0.717) is 5.76 Å². The molecule has 0 aliphatic carbocycles. The molecule has 0 unspecified atom stereocenters. The summed E-state index contributed by atoms with van der Waals surface area (Å²) >= 11 is 0. The quantitative estimate of drug-likeness (QED) is 0.447. The molecular weight excluding hydrogens is 402 g/mol. The van der Waals surface area contributed by atoms with Gasteiger partial charge in [-0.15, -0.1) is 0 Å². The van der Waals surface area contributed by atoms with Crippen molar-refractivity contribution in [1.82, 2.24) is 4.90 Å². The van der Waals surface area contributed by atoms with E-state index in [-0.39, 0.29) is 17.7 Å². The molecule has 0 saturated carbocycles. The number of carbonyl (C=O) groups excluding carboxylic acids is 4. The molecule has 0 radical (unpaired) electrons. The molecular formula is C23H17NO7. The van der Waals surface area contributed by atoms with E-state index in [2.05, 4.69) is 0 Å². The second kappa shape index (κ2) is 8.66. The minimum Gasteiger partial charge on any atom is -0.467 e. The third kappa shape index (κ3) is 4.23. The third-order valence-electron chi connectivity index (χ3n) is 4.67. The fourth-order valence-electron chi connectivity index (χ4n) is 3.13. The van der Waals surface area contributed by atoms with Crippen molar-refractivity contribution in [3.8, 4) is 0 Å². The van der Waals surface area contributed by atoms with E-state index in [1.165, 1.54) is 30.5 Å². The number of esters is 2. The third-order valence-corrected chi connectivity index (χ3v) is 4.67. The van der Waals surface area contributed by atoms with Gasteiger partial charge >= 0.3 is 11.9 Å². The smallest absolute Gasteiger partial charge is 0.339 e. The van der Waals surface area contributed by atoms with Gasteiger partial charge in [0.15, 0.2) is 0 Å². The summed E-state index contributed by atoms with van der Waals surface area (Å²) in [7, 11) is 0. The van der Waals surface area contributed by atoms with Gasteiger partial charge in [0.1, 0.15) is 5.76 Å². The number of imide groups is 1. The highest BCUT2D eigenvalue weighted by Gasteiger charge is 2.53. The van der Waals surface area contributed by atoms with Gasteiger partial charge in [0.25, 0.3) is 11.8 Å². The monoisotopic (exact) mass is 419 g/mol. The Bertz CT molecular complexity index is 1020. The molecule has 156 valence electrons. The number of hydrogen-bond donors (Lipinski definition) is 0. The summed E-state index contributed by atoms with van der Waals surface area (Å²) in [6.07, 6.45) is -1.81. The number of nitrogens with zero attached hydrogens (tertiary/aromatic N) is 1. The van der Waals surface area contributed by atoms with E-state index in [0.717, 1.165) is 4.90 Å². The molecule has 0 bridgehead atoms. The lowest BCUT2D eigenvalue weighted by atomic mass is 10.2. The van der Waals surface area contributed by atoms with Gasteiger partial charge in [-0.2, -0.15) is 0 Å². The summed E-state index contributed by atoms with van der Waals surface area (Å²) in [5, 5.41) is 0. The highest BCUT2D eigenvalue weighted by atomic mass is 16.6. The summed E-state index contributed by atoms with van der Waals surface area (Å²) in [5.74, 6) is -2.86. The van der Waals surface area contributed by atoms with E-state index in [4.69, 9.17) is 13.9 Å². The summed E-state index contributed by atoms with van der Waals surface area (Å²) in [6, 6.07) is 19.2. The summed E-state index contributed by atoms with van der Waals surface area (Å²) in [5.41, 5.74) is 0.390. The van der Waals surface area contributed by atoms with E-state index >= 15 is 0 Å². The van der Waals surface area contributed by atoms with Crippen LogP contribution in [0.5, 0.6) is 0 Å². The molecule has 1 aliphatic heterocycles. The van der Waals surface area contributed by atoms with Gasteiger partial charge in [0.05, 0.1) is 23.9 Å². The first kappa shape index (κ1) is 20.1. The maximum atomic E-state index is 12.9. The minimum absolute atomic E-state index is 0.177. The lowest BCUT2D eigenvalue weighted by molar-refractivity contribution is -0.142. The van der Waals surface area contributed by atoms with Gasteiger partial charge in [-0.25, -0.2) is 9.59 Å². The van der Waals surface area contributed by atoms with Crippen molar-refractivity contribution in [3.05, 3.63) is 95.9 Å². The Morgan fingerprint density at radius 2 is 1.23 bits per heavy atom. The molecule has 2 atom stereocenters. The van der Waals surface area contributed by atoms with Gasteiger partial charge in [-0.1, -0.05) is 36.4 Å². The van der Waals surface area contributed by atoms with Crippen molar-refractivity contribution in [2.45, 2.75) is 18.8 Å². The Morgan fingerprint density at radius 1 is 0.742 bits per heavy atom. The van der Waals surface area contributed by atoms with Crippen LogP contribution in [0, 0.1) is 0 Å². The first-order valence-electron chi connectivity index (χ1n) is 9.44. The topological polar surface area (TPSA) is 103 Å². The van der Waals surface area contributed by atoms with Crippen LogP contribution in [0.3, 0.4) is 0 Å². The number of amides is 2.